The Bertz CT molecular complexity index is 573. The summed E-state index contributed by atoms with van der Waals surface area (Å²) < 4.78 is 21.7. The van der Waals surface area contributed by atoms with E-state index in [-0.39, 0.29) is 11.5 Å². The number of rotatable bonds is 4. The van der Waals surface area contributed by atoms with E-state index in [1.54, 1.807) is 18.2 Å². The molecule has 1 aliphatic rings. The minimum Gasteiger partial charge on any atom is -0.772 e. The second-order valence-electron chi connectivity index (χ2n) is 4.15. The summed E-state index contributed by atoms with van der Waals surface area (Å²) in [6, 6.07) is 5.01. The molecule has 5 nitrogen and oxygen atoms in total. The molecular weight excluding hydrogens is 290 g/mol. The molecule has 0 aromatic heterocycles. The summed E-state index contributed by atoms with van der Waals surface area (Å²) >= 11 is 3.88. The predicted octanol–water partition coefficient (Wildman–Crippen LogP) is 2.13. The van der Waals surface area contributed by atoms with Gasteiger partial charge in [-0.25, -0.2) is 0 Å². The molecule has 0 aliphatic carbocycles. The fourth-order valence-electron chi connectivity index (χ4n) is 1.94. The highest BCUT2D eigenvalue weighted by Gasteiger charge is 2.28. The zero-order valence-corrected chi connectivity index (χ0v) is 11.7. The molecule has 1 aromatic carbocycles. The zero-order chi connectivity index (χ0) is 14.0. The Morgan fingerprint density at radius 1 is 1.63 bits per heavy atom. The van der Waals surface area contributed by atoms with Gasteiger partial charge in [-0.15, -0.1) is 0 Å². The molecule has 0 amide bonds. The van der Waals surface area contributed by atoms with Gasteiger partial charge in [-0.2, -0.15) is 0 Å². The lowest BCUT2D eigenvalue weighted by atomic mass is 9.99. The van der Waals surface area contributed by atoms with Gasteiger partial charge in [0.2, 0.25) is 0 Å². The molecule has 0 radical (unpaired) electrons. The van der Waals surface area contributed by atoms with Gasteiger partial charge in [0.15, 0.2) is 11.9 Å². The fraction of sp³-hybridized carbons (Fsp3) is 0.333. The van der Waals surface area contributed by atoms with Gasteiger partial charge < -0.3 is 9.39 Å². The Morgan fingerprint density at radius 2 is 2.37 bits per heavy atom. The van der Waals surface area contributed by atoms with Crippen molar-refractivity contribution in [3.8, 4) is 0 Å². The van der Waals surface area contributed by atoms with Crippen LogP contribution in [0.3, 0.4) is 0 Å². The molecule has 7 heteroatoms. The number of hydrogen-bond donors (Lipinski definition) is 0. The van der Waals surface area contributed by atoms with E-state index in [1.807, 2.05) is 0 Å². The van der Waals surface area contributed by atoms with Crippen LogP contribution in [-0.2, 0) is 26.5 Å². The molecule has 19 heavy (non-hydrogen) atoms. The summed E-state index contributed by atoms with van der Waals surface area (Å²) in [7, 11) is 0. The number of hydrogen-bond acceptors (Lipinski definition) is 5. The van der Waals surface area contributed by atoms with E-state index in [1.165, 1.54) is 6.92 Å². The highest BCUT2D eigenvalue weighted by molar-refractivity contribution is 7.78. The fourth-order valence-corrected chi connectivity index (χ4v) is 2.76. The second-order valence-corrected chi connectivity index (χ2v) is 5.46. The summed E-state index contributed by atoms with van der Waals surface area (Å²) in [5, 5.41) is 4.12. The third-order valence-corrected chi connectivity index (χ3v) is 3.69. The van der Waals surface area contributed by atoms with Crippen LogP contribution in [0.1, 0.15) is 30.6 Å². The molecule has 0 bridgehead atoms. The van der Waals surface area contributed by atoms with Gasteiger partial charge >= 0.3 is 0 Å². The van der Waals surface area contributed by atoms with Gasteiger partial charge in [0.25, 0.3) is 0 Å². The Morgan fingerprint density at radius 3 is 2.95 bits per heavy atom. The number of Topliss-reactive ketones (excluding diaryl/α,β-unsaturated/α-hetero) is 1. The molecule has 1 aromatic rings. The first-order valence-corrected chi connectivity index (χ1v) is 7.18. The summed E-state index contributed by atoms with van der Waals surface area (Å²) in [6.07, 6.45) is -0.205. The number of carbonyl (C=O) groups excluding carboxylic acids is 1. The lowest BCUT2D eigenvalue weighted by Crippen LogP contribution is -2.10. The third kappa shape index (κ3) is 3.20. The maximum Gasteiger partial charge on any atom is 0.177 e. The minimum atomic E-state index is -2.22. The lowest BCUT2D eigenvalue weighted by Gasteiger charge is -2.16. The molecule has 2 atom stereocenters. The van der Waals surface area contributed by atoms with Gasteiger partial charge in [0, 0.05) is 29.7 Å². The number of nitrogens with zero attached hydrogens (tertiary/aromatic N) is 1. The average molecular weight is 301 g/mol. The van der Waals surface area contributed by atoms with E-state index in [2.05, 4.69) is 5.16 Å². The van der Waals surface area contributed by atoms with Crippen LogP contribution in [0, 0.1) is 0 Å². The van der Waals surface area contributed by atoms with Crippen LogP contribution >= 0.6 is 11.6 Å². The standard InChI is InChI=1S/C12H12ClNO4S/c1-7(15)10-5-11(18-14-10)12-8(6-19(16)17)3-2-4-9(12)13/h2-4,11H,5-6H2,1H3,(H,16,17)/p-1. The van der Waals surface area contributed by atoms with Crippen LogP contribution in [0.5, 0.6) is 0 Å². The van der Waals surface area contributed by atoms with Crippen LogP contribution in [0.25, 0.3) is 0 Å². The maximum atomic E-state index is 11.2. The van der Waals surface area contributed by atoms with Crippen LogP contribution in [0.15, 0.2) is 23.4 Å². The normalized spacial score (nSPS) is 19.7. The molecule has 0 saturated carbocycles. The number of benzene rings is 1. The van der Waals surface area contributed by atoms with E-state index >= 15 is 0 Å². The first kappa shape index (κ1) is 14.2. The van der Waals surface area contributed by atoms with Crippen LogP contribution < -0.4 is 0 Å². The van der Waals surface area contributed by atoms with E-state index < -0.39 is 17.2 Å². The monoisotopic (exact) mass is 300 g/mol. The summed E-state index contributed by atoms with van der Waals surface area (Å²) in [5.41, 5.74) is 1.47. The first-order chi connectivity index (χ1) is 8.99. The number of ketones is 1. The molecule has 2 rings (SSSR count). The van der Waals surface area contributed by atoms with E-state index in [0.29, 0.717) is 28.3 Å². The number of halogens is 1. The van der Waals surface area contributed by atoms with Crippen LogP contribution in [0.4, 0.5) is 0 Å². The average Bonchev–Trinajstić information content (AvgIpc) is 2.77. The van der Waals surface area contributed by atoms with Gasteiger partial charge in [0.05, 0.1) is 0 Å². The third-order valence-electron chi connectivity index (χ3n) is 2.81. The topological polar surface area (TPSA) is 78.8 Å². The molecule has 2 unspecified atom stereocenters. The molecule has 0 spiro atoms. The first-order valence-electron chi connectivity index (χ1n) is 5.56. The smallest absolute Gasteiger partial charge is 0.177 e. The van der Waals surface area contributed by atoms with Crippen molar-refractivity contribution in [3.05, 3.63) is 34.3 Å². The Labute approximate surface area is 117 Å². The molecule has 0 N–H and O–H groups in total. The van der Waals surface area contributed by atoms with E-state index in [9.17, 15) is 13.6 Å². The van der Waals surface area contributed by atoms with Gasteiger partial charge in [0.1, 0.15) is 5.71 Å². The second kappa shape index (κ2) is 5.81. The van der Waals surface area contributed by atoms with Crippen LogP contribution in [-0.4, -0.2) is 20.3 Å². The highest BCUT2D eigenvalue weighted by atomic mass is 35.5. The van der Waals surface area contributed by atoms with E-state index in [4.69, 9.17) is 16.4 Å². The minimum absolute atomic E-state index is 0.148. The van der Waals surface area contributed by atoms with Crippen LogP contribution in [0.2, 0.25) is 5.02 Å². The van der Waals surface area contributed by atoms with Crippen molar-refractivity contribution in [2.24, 2.45) is 5.16 Å². The van der Waals surface area contributed by atoms with E-state index in [0.717, 1.165) is 0 Å². The van der Waals surface area contributed by atoms with Crippen molar-refractivity contribution < 1.29 is 18.4 Å². The summed E-state index contributed by atoms with van der Waals surface area (Å²) in [4.78, 5) is 16.4. The molecule has 1 heterocycles. The Kier molecular flexibility index (Phi) is 4.34. The van der Waals surface area contributed by atoms with Crippen molar-refractivity contribution in [3.63, 3.8) is 0 Å². The molecular formula is C12H11ClNO4S-. The van der Waals surface area contributed by atoms with Crippen molar-refractivity contribution in [2.45, 2.75) is 25.2 Å². The van der Waals surface area contributed by atoms with Crippen molar-refractivity contribution in [1.82, 2.24) is 0 Å². The number of oxime groups is 1. The largest absolute Gasteiger partial charge is 0.772 e. The maximum absolute atomic E-state index is 11.2. The summed E-state index contributed by atoms with van der Waals surface area (Å²) in [6.45, 7) is 1.41. The lowest BCUT2D eigenvalue weighted by molar-refractivity contribution is -0.111. The number of carbonyl (C=O) groups is 1. The Hall–Kier alpha value is -1.24. The quantitative estimate of drug-likeness (QED) is 0.798. The Balaban J connectivity index is 2.30. The SMILES string of the molecule is CC(=O)C1=NOC(c2c(Cl)cccc2CS(=O)[O-])C1. The zero-order valence-electron chi connectivity index (χ0n) is 10.1. The molecule has 0 saturated heterocycles. The van der Waals surface area contributed by atoms with Gasteiger partial charge in [-0.1, -0.05) is 40.0 Å². The summed E-state index contributed by atoms with van der Waals surface area (Å²) in [5.74, 6) is -0.311. The molecule has 0 fully saturated rings. The van der Waals surface area contributed by atoms with Crippen molar-refractivity contribution >= 4 is 34.2 Å². The van der Waals surface area contributed by atoms with Crippen molar-refractivity contribution in [1.29, 1.82) is 0 Å². The van der Waals surface area contributed by atoms with Gasteiger partial charge in [-0.3, -0.25) is 9.00 Å². The molecule has 102 valence electrons. The predicted molar refractivity (Wildman–Crippen MR) is 70.6 cm³/mol. The molecule has 1 aliphatic heterocycles. The van der Waals surface area contributed by atoms with Crippen molar-refractivity contribution in [2.75, 3.05) is 0 Å². The van der Waals surface area contributed by atoms with Gasteiger partial charge in [-0.05, 0) is 11.6 Å². The highest BCUT2D eigenvalue weighted by Crippen LogP contribution is 2.35.